The molecular formula is C12H20N+. The molecule has 0 radical (unpaired) electrons. The van der Waals surface area contributed by atoms with Crippen molar-refractivity contribution in [3.63, 3.8) is 0 Å². The lowest BCUT2D eigenvalue weighted by Crippen LogP contribution is -2.54. The molecule has 1 aliphatic heterocycles. The molecule has 1 heteroatoms. The normalized spacial score (nSPS) is 50.9. The van der Waals surface area contributed by atoms with E-state index in [1.54, 1.807) is 0 Å². The second kappa shape index (κ2) is 2.03. The van der Waals surface area contributed by atoms with Gasteiger partial charge < -0.3 is 4.48 Å². The standard InChI is InChI=1S/C12H20N/c1-13(2)9-7-11-3-4-12(11,6-5-11)8-10-13/h3-4H,5-10H2,1-2H3/q+1. The van der Waals surface area contributed by atoms with E-state index in [2.05, 4.69) is 26.2 Å². The molecule has 2 unspecified atom stereocenters. The molecule has 2 fully saturated rings. The minimum Gasteiger partial charge on any atom is -0.328 e. The molecule has 0 bridgehead atoms. The first-order chi connectivity index (χ1) is 6.08. The van der Waals surface area contributed by atoms with Crippen LogP contribution in [0.4, 0.5) is 0 Å². The van der Waals surface area contributed by atoms with Crippen molar-refractivity contribution >= 4 is 0 Å². The predicted molar refractivity (Wildman–Crippen MR) is 54.3 cm³/mol. The maximum Gasteiger partial charge on any atom is 0.0791 e. The van der Waals surface area contributed by atoms with Crippen molar-refractivity contribution in [3.8, 4) is 0 Å². The van der Waals surface area contributed by atoms with Crippen molar-refractivity contribution in [2.45, 2.75) is 25.7 Å². The fourth-order valence-corrected chi connectivity index (χ4v) is 3.52. The quantitative estimate of drug-likeness (QED) is 0.394. The van der Waals surface area contributed by atoms with Crippen molar-refractivity contribution in [3.05, 3.63) is 12.2 Å². The summed E-state index contributed by atoms with van der Waals surface area (Å²) in [4.78, 5) is 0. The Labute approximate surface area is 81.0 Å². The summed E-state index contributed by atoms with van der Waals surface area (Å²) in [7, 11) is 4.77. The number of hydrogen-bond donors (Lipinski definition) is 0. The molecule has 1 heterocycles. The zero-order valence-electron chi connectivity index (χ0n) is 8.84. The fraction of sp³-hybridized carbons (Fsp3) is 0.833. The van der Waals surface area contributed by atoms with Gasteiger partial charge in [-0.15, -0.1) is 0 Å². The van der Waals surface area contributed by atoms with Crippen LogP contribution < -0.4 is 0 Å². The van der Waals surface area contributed by atoms with E-state index < -0.39 is 0 Å². The van der Waals surface area contributed by atoms with E-state index in [0.717, 1.165) is 0 Å². The predicted octanol–water partition coefficient (Wildman–Crippen LogP) is 2.19. The van der Waals surface area contributed by atoms with Crippen LogP contribution in [0.15, 0.2) is 12.2 Å². The molecule has 0 aromatic rings. The molecule has 3 aliphatic rings. The molecule has 1 nitrogen and oxygen atoms in total. The van der Waals surface area contributed by atoms with Gasteiger partial charge in [0.25, 0.3) is 0 Å². The highest BCUT2D eigenvalue weighted by atomic mass is 15.3. The van der Waals surface area contributed by atoms with Crippen LogP contribution in [-0.4, -0.2) is 31.7 Å². The maximum absolute atomic E-state index is 2.52. The van der Waals surface area contributed by atoms with Crippen LogP contribution in [0.5, 0.6) is 0 Å². The van der Waals surface area contributed by atoms with Gasteiger partial charge in [0.15, 0.2) is 0 Å². The second-order valence-corrected chi connectivity index (χ2v) is 6.03. The van der Waals surface area contributed by atoms with Gasteiger partial charge in [-0.1, -0.05) is 12.2 Å². The Kier molecular flexibility index (Phi) is 1.26. The smallest absolute Gasteiger partial charge is 0.0791 e. The van der Waals surface area contributed by atoms with Gasteiger partial charge in [-0.3, -0.25) is 0 Å². The van der Waals surface area contributed by atoms with Crippen LogP contribution in [0.3, 0.4) is 0 Å². The van der Waals surface area contributed by atoms with Crippen LogP contribution >= 0.6 is 0 Å². The lowest BCUT2D eigenvalue weighted by Gasteiger charge is -2.62. The SMILES string of the molecule is C[N+]1(C)CCC23C=CC2(CC3)CC1. The highest BCUT2D eigenvalue weighted by Gasteiger charge is 2.62. The second-order valence-electron chi connectivity index (χ2n) is 6.03. The third-order valence-corrected chi connectivity index (χ3v) is 5.06. The number of nitrogens with zero attached hydrogens (tertiary/aromatic N) is 1. The van der Waals surface area contributed by atoms with Crippen molar-refractivity contribution in [1.82, 2.24) is 0 Å². The van der Waals surface area contributed by atoms with E-state index in [1.165, 1.54) is 43.3 Å². The molecule has 0 spiro atoms. The Morgan fingerprint density at radius 1 is 0.846 bits per heavy atom. The molecular weight excluding hydrogens is 158 g/mol. The van der Waals surface area contributed by atoms with E-state index in [4.69, 9.17) is 0 Å². The number of hydrogen-bond acceptors (Lipinski definition) is 0. The van der Waals surface area contributed by atoms with Crippen LogP contribution in [0.25, 0.3) is 0 Å². The molecule has 1 saturated carbocycles. The van der Waals surface area contributed by atoms with Crippen LogP contribution in [0.1, 0.15) is 25.7 Å². The summed E-state index contributed by atoms with van der Waals surface area (Å²) < 4.78 is 1.24. The Hall–Kier alpha value is -0.300. The highest BCUT2D eigenvalue weighted by Crippen LogP contribution is 2.69. The highest BCUT2D eigenvalue weighted by molar-refractivity contribution is 5.32. The number of rotatable bonds is 0. The zero-order valence-corrected chi connectivity index (χ0v) is 8.84. The minimum atomic E-state index is 0.680. The van der Waals surface area contributed by atoms with Crippen molar-refractivity contribution < 1.29 is 4.48 Å². The van der Waals surface area contributed by atoms with Gasteiger partial charge in [0.2, 0.25) is 0 Å². The Morgan fingerprint density at radius 3 is 1.62 bits per heavy atom. The molecule has 0 aromatic heterocycles. The largest absolute Gasteiger partial charge is 0.328 e. The third-order valence-electron chi connectivity index (χ3n) is 5.06. The molecule has 1 saturated heterocycles. The van der Waals surface area contributed by atoms with Crippen molar-refractivity contribution in [2.24, 2.45) is 10.8 Å². The van der Waals surface area contributed by atoms with Crippen LogP contribution in [0, 0.1) is 10.8 Å². The Morgan fingerprint density at radius 2 is 1.31 bits per heavy atom. The van der Waals surface area contributed by atoms with Gasteiger partial charge in [-0.05, 0) is 12.8 Å². The lowest BCUT2D eigenvalue weighted by molar-refractivity contribution is -0.889. The first-order valence-corrected chi connectivity index (χ1v) is 5.60. The molecule has 2 aliphatic carbocycles. The zero-order chi connectivity index (χ0) is 9.16. The summed E-state index contributed by atoms with van der Waals surface area (Å²) in [5, 5.41) is 0. The molecule has 3 rings (SSSR count). The Bertz CT molecular complexity index is 253. The Balaban J connectivity index is 1.90. The van der Waals surface area contributed by atoms with E-state index in [9.17, 15) is 0 Å². The van der Waals surface area contributed by atoms with Crippen LogP contribution in [-0.2, 0) is 0 Å². The van der Waals surface area contributed by atoms with E-state index in [1.807, 2.05) is 0 Å². The summed E-state index contributed by atoms with van der Waals surface area (Å²) in [6.07, 6.45) is 10.9. The van der Waals surface area contributed by atoms with E-state index in [-0.39, 0.29) is 0 Å². The van der Waals surface area contributed by atoms with Crippen molar-refractivity contribution in [2.75, 3.05) is 27.2 Å². The summed E-state index contributed by atoms with van der Waals surface area (Å²) in [6, 6.07) is 0. The van der Waals surface area contributed by atoms with E-state index >= 15 is 0 Å². The first-order valence-electron chi connectivity index (χ1n) is 5.60. The summed E-state index contributed by atoms with van der Waals surface area (Å²) in [5.41, 5.74) is 1.36. The van der Waals surface area contributed by atoms with Crippen molar-refractivity contribution in [1.29, 1.82) is 0 Å². The molecule has 2 atom stereocenters. The van der Waals surface area contributed by atoms with Gasteiger partial charge in [0.1, 0.15) is 0 Å². The summed E-state index contributed by atoms with van der Waals surface area (Å²) >= 11 is 0. The average Bonchev–Trinajstić information content (AvgIpc) is 2.13. The molecule has 0 aromatic carbocycles. The number of allylic oxidation sites excluding steroid dienone is 2. The monoisotopic (exact) mass is 178 g/mol. The van der Waals surface area contributed by atoms with E-state index in [0.29, 0.717) is 10.8 Å². The van der Waals surface area contributed by atoms with Gasteiger partial charge in [0, 0.05) is 23.7 Å². The van der Waals surface area contributed by atoms with Gasteiger partial charge in [-0.25, -0.2) is 0 Å². The van der Waals surface area contributed by atoms with Crippen LogP contribution in [0.2, 0.25) is 0 Å². The number of quaternary nitrogens is 1. The molecule has 13 heavy (non-hydrogen) atoms. The number of likely N-dealkylation sites (tertiary alicyclic amines) is 1. The third kappa shape index (κ3) is 0.817. The summed E-state index contributed by atoms with van der Waals surface area (Å²) in [5.74, 6) is 0. The fourth-order valence-electron chi connectivity index (χ4n) is 3.52. The lowest BCUT2D eigenvalue weighted by atomic mass is 9.41. The average molecular weight is 178 g/mol. The first kappa shape index (κ1) is 8.05. The van der Waals surface area contributed by atoms with Gasteiger partial charge >= 0.3 is 0 Å². The minimum absolute atomic E-state index is 0.680. The summed E-state index contributed by atoms with van der Waals surface area (Å²) in [6.45, 7) is 2.76. The molecule has 0 amide bonds. The molecule has 72 valence electrons. The molecule has 0 N–H and O–H groups in total. The van der Waals surface area contributed by atoms with Gasteiger partial charge in [0.05, 0.1) is 27.2 Å². The van der Waals surface area contributed by atoms with Gasteiger partial charge in [-0.2, -0.15) is 0 Å². The topological polar surface area (TPSA) is 0 Å². The maximum atomic E-state index is 2.52.